The number of nitrogens with zero attached hydrogens (tertiary/aromatic N) is 2. The number of aryl methyl sites for hydroxylation is 1. The molecule has 1 aromatic carbocycles. The Kier molecular flexibility index (Phi) is 4.96. The van der Waals surface area contributed by atoms with Gasteiger partial charge in [-0.2, -0.15) is 0 Å². The van der Waals surface area contributed by atoms with Gasteiger partial charge in [0.15, 0.2) is 12.4 Å². The maximum atomic E-state index is 13.1. The first kappa shape index (κ1) is 18.6. The number of pyridine rings is 2. The number of esters is 1. The van der Waals surface area contributed by atoms with Crippen molar-refractivity contribution in [2.75, 3.05) is 6.61 Å². The monoisotopic (exact) mass is 385 g/mol. The molecule has 0 aliphatic heterocycles. The fourth-order valence-corrected chi connectivity index (χ4v) is 3.36. The number of hydrogen-bond acceptors (Lipinski definition) is 3. The summed E-state index contributed by atoms with van der Waals surface area (Å²) in [4.78, 5) is 25.6. The van der Waals surface area contributed by atoms with Crippen molar-refractivity contribution in [1.82, 2.24) is 4.40 Å². The van der Waals surface area contributed by atoms with Crippen LogP contribution < -0.4 is 4.57 Å². The number of ether oxygens (including phenoxy) is 1. The minimum atomic E-state index is -0.436. The summed E-state index contributed by atoms with van der Waals surface area (Å²) in [5, 5.41) is 0. The zero-order chi connectivity index (χ0) is 20.4. The van der Waals surface area contributed by atoms with Gasteiger partial charge in [0.05, 0.1) is 23.4 Å². The highest BCUT2D eigenvalue weighted by Gasteiger charge is 2.21. The molecule has 0 aliphatic carbocycles. The predicted octanol–water partition coefficient (Wildman–Crippen LogP) is 3.84. The number of fused-ring (bicyclic) bond motifs is 1. The van der Waals surface area contributed by atoms with Gasteiger partial charge < -0.3 is 9.14 Å². The van der Waals surface area contributed by atoms with E-state index < -0.39 is 5.97 Å². The Balaban J connectivity index is 1.88. The van der Waals surface area contributed by atoms with Gasteiger partial charge >= 0.3 is 5.97 Å². The van der Waals surface area contributed by atoms with Crippen LogP contribution in [-0.4, -0.2) is 22.8 Å². The molecule has 0 radical (unpaired) electrons. The number of carbonyl (C=O) groups excluding carboxylic acids is 2. The van der Waals surface area contributed by atoms with E-state index in [4.69, 9.17) is 4.74 Å². The number of carbonyl (C=O) groups is 2. The summed E-state index contributed by atoms with van der Waals surface area (Å²) in [5.41, 5.74) is 4.02. The smallest absolute Gasteiger partial charge is 0.340 e. The number of ketones is 1. The van der Waals surface area contributed by atoms with E-state index in [2.05, 4.69) is 0 Å². The molecule has 144 valence electrons. The Morgan fingerprint density at radius 1 is 0.966 bits per heavy atom. The minimum absolute atomic E-state index is 0.143. The molecular weight excluding hydrogens is 364 g/mol. The SMILES string of the molecule is CCOC(=O)c1cc(C(=O)c2ccccc2)n2ccc(-c3cc[n+](C)cc3)cc12. The van der Waals surface area contributed by atoms with Crippen LogP contribution in [0.25, 0.3) is 16.6 Å². The molecule has 5 heteroatoms. The van der Waals surface area contributed by atoms with Crippen LogP contribution in [0.15, 0.2) is 79.3 Å². The molecule has 0 aliphatic rings. The lowest BCUT2D eigenvalue weighted by molar-refractivity contribution is -0.671. The van der Waals surface area contributed by atoms with Gasteiger partial charge in [0, 0.05) is 23.9 Å². The fourth-order valence-electron chi connectivity index (χ4n) is 3.36. The normalized spacial score (nSPS) is 10.8. The van der Waals surface area contributed by atoms with Gasteiger partial charge in [-0.15, -0.1) is 0 Å². The molecule has 3 heterocycles. The summed E-state index contributed by atoms with van der Waals surface area (Å²) in [6.07, 6.45) is 5.76. The van der Waals surface area contributed by atoms with Crippen molar-refractivity contribution in [2.24, 2.45) is 7.05 Å². The van der Waals surface area contributed by atoms with Crippen LogP contribution >= 0.6 is 0 Å². The van der Waals surface area contributed by atoms with Gasteiger partial charge in [-0.05, 0) is 36.2 Å². The van der Waals surface area contributed by atoms with E-state index in [1.165, 1.54) is 0 Å². The molecule has 29 heavy (non-hydrogen) atoms. The van der Waals surface area contributed by atoms with Crippen LogP contribution in [0.1, 0.15) is 33.3 Å². The van der Waals surface area contributed by atoms with Crippen LogP contribution in [0.3, 0.4) is 0 Å². The Morgan fingerprint density at radius 3 is 2.38 bits per heavy atom. The zero-order valence-electron chi connectivity index (χ0n) is 16.3. The standard InChI is InChI=1S/C24H21N2O3/c1-3-29-24(28)20-16-22(23(27)18-7-5-4-6-8-18)26-14-11-19(15-21(20)26)17-9-12-25(2)13-10-17/h4-16H,3H2,1-2H3/q+1. The number of hydrogen-bond donors (Lipinski definition) is 0. The third kappa shape index (κ3) is 3.55. The fraction of sp³-hybridized carbons (Fsp3) is 0.125. The summed E-state index contributed by atoms with van der Waals surface area (Å²) >= 11 is 0. The topological polar surface area (TPSA) is 51.7 Å². The second-order valence-electron chi connectivity index (χ2n) is 6.78. The average Bonchev–Trinajstić information content (AvgIpc) is 3.13. The lowest BCUT2D eigenvalue weighted by atomic mass is 10.1. The lowest BCUT2D eigenvalue weighted by Gasteiger charge is -2.06. The summed E-state index contributed by atoms with van der Waals surface area (Å²) < 4.78 is 8.95. The maximum absolute atomic E-state index is 13.1. The number of aromatic nitrogens is 2. The van der Waals surface area contributed by atoms with Crippen LogP contribution in [0.4, 0.5) is 0 Å². The molecule has 0 amide bonds. The third-order valence-electron chi connectivity index (χ3n) is 4.85. The largest absolute Gasteiger partial charge is 0.462 e. The Morgan fingerprint density at radius 2 is 1.69 bits per heavy atom. The molecule has 5 nitrogen and oxygen atoms in total. The molecule has 0 spiro atoms. The van der Waals surface area contributed by atoms with Crippen molar-refractivity contribution < 1.29 is 18.9 Å². The molecule has 3 aromatic heterocycles. The summed E-state index contributed by atoms with van der Waals surface area (Å²) in [7, 11) is 1.96. The minimum Gasteiger partial charge on any atom is -0.462 e. The molecule has 0 unspecified atom stereocenters. The predicted molar refractivity (Wildman–Crippen MR) is 110 cm³/mol. The van der Waals surface area contributed by atoms with E-state index in [1.807, 2.05) is 72.7 Å². The van der Waals surface area contributed by atoms with Gasteiger partial charge in [-0.1, -0.05) is 30.3 Å². The van der Waals surface area contributed by atoms with E-state index >= 15 is 0 Å². The molecule has 0 saturated heterocycles. The molecule has 0 N–H and O–H groups in total. The van der Waals surface area contributed by atoms with Crippen molar-refractivity contribution in [3.63, 3.8) is 0 Å². The first-order valence-corrected chi connectivity index (χ1v) is 9.46. The average molecular weight is 385 g/mol. The second-order valence-corrected chi connectivity index (χ2v) is 6.78. The first-order chi connectivity index (χ1) is 14.1. The molecule has 0 saturated carbocycles. The summed E-state index contributed by atoms with van der Waals surface area (Å²) in [5.74, 6) is -0.579. The molecule has 4 aromatic rings. The van der Waals surface area contributed by atoms with E-state index in [-0.39, 0.29) is 12.4 Å². The van der Waals surface area contributed by atoms with Crippen LogP contribution in [0.2, 0.25) is 0 Å². The van der Waals surface area contributed by atoms with E-state index in [9.17, 15) is 9.59 Å². The highest BCUT2D eigenvalue weighted by molar-refractivity contribution is 6.11. The molecule has 4 rings (SSSR count). The molecule has 0 atom stereocenters. The summed E-state index contributed by atoms with van der Waals surface area (Å²) in [6.45, 7) is 2.04. The number of benzene rings is 1. The van der Waals surface area contributed by atoms with Crippen molar-refractivity contribution in [3.8, 4) is 11.1 Å². The van der Waals surface area contributed by atoms with Crippen molar-refractivity contribution in [2.45, 2.75) is 6.92 Å². The van der Waals surface area contributed by atoms with E-state index in [0.29, 0.717) is 22.3 Å². The summed E-state index contributed by atoms with van der Waals surface area (Å²) in [6, 6.07) is 18.5. The van der Waals surface area contributed by atoms with Crippen molar-refractivity contribution in [3.05, 3.63) is 96.1 Å². The van der Waals surface area contributed by atoms with Gasteiger partial charge in [0.25, 0.3) is 0 Å². The molecule has 0 fully saturated rings. The van der Waals surface area contributed by atoms with Crippen LogP contribution in [0, 0.1) is 0 Å². The van der Waals surface area contributed by atoms with Gasteiger partial charge in [0.1, 0.15) is 7.05 Å². The van der Waals surface area contributed by atoms with E-state index in [1.54, 1.807) is 29.5 Å². The van der Waals surface area contributed by atoms with Gasteiger partial charge in [-0.3, -0.25) is 4.79 Å². The second kappa shape index (κ2) is 7.72. The van der Waals surface area contributed by atoms with Crippen molar-refractivity contribution in [1.29, 1.82) is 0 Å². The quantitative estimate of drug-likeness (QED) is 0.298. The Hall–Kier alpha value is -3.73. The highest BCUT2D eigenvalue weighted by Crippen LogP contribution is 2.26. The van der Waals surface area contributed by atoms with Crippen LogP contribution in [0.5, 0.6) is 0 Å². The Labute approximate surface area is 168 Å². The van der Waals surface area contributed by atoms with Crippen molar-refractivity contribution >= 4 is 17.3 Å². The number of rotatable bonds is 5. The first-order valence-electron chi connectivity index (χ1n) is 9.46. The third-order valence-corrected chi connectivity index (χ3v) is 4.85. The zero-order valence-corrected chi connectivity index (χ0v) is 16.3. The van der Waals surface area contributed by atoms with E-state index in [0.717, 1.165) is 11.1 Å². The maximum Gasteiger partial charge on any atom is 0.340 e. The lowest BCUT2D eigenvalue weighted by Crippen LogP contribution is -2.25. The van der Waals surface area contributed by atoms with Crippen LogP contribution in [-0.2, 0) is 11.8 Å². The molecule has 0 bridgehead atoms. The highest BCUT2D eigenvalue weighted by atomic mass is 16.5. The van der Waals surface area contributed by atoms with Gasteiger partial charge in [-0.25, -0.2) is 9.36 Å². The Bertz CT molecular complexity index is 1190. The van der Waals surface area contributed by atoms with Gasteiger partial charge in [0.2, 0.25) is 5.78 Å². The molecular formula is C24H21N2O3+.